The first-order chi connectivity index (χ1) is 19.5. The maximum absolute atomic E-state index is 13.0. The van der Waals surface area contributed by atoms with Crippen LogP contribution in [-0.2, 0) is 23.9 Å². The van der Waals surface area contributed by atoms with Gasteiger partial charge in [0.1, 0.15) is 17.2 Å². The number of esters is 1. The van der Waals surface area contributed by atoms with E-state index in [0.29, 0.717) is 43.0 Å². The molecular formula is C29H37N5O7. The SMILES string of the molecule is CCOC(=O)CC(c1cccnc1)N1CCN(CCCOc2ccc(C(=N)NC(=O)OC(C)(C)C)cc2)C(=O)C1=O. The minimum atomic E-state index is -0.705. The number of pyridine rings is 1. The van der Waals surface area contributed by atoms with Crippen molar-refractivity contribution in [3.05, 3.63) is 59.9 Å². The number of hydrogen-bond donors (Lipinski definition) is 2. The summed E-state index contributed by atoms with van der Waals surface area (Å²) in [4.78, 5) is 57.0. The molecule has 1 aliphatic heterocycles. The summed E-state index contributed by atoms with van der Waals surface area (Å²) in [6.45, 7) is 8.38. The lowest BCUT2D eigenvalue weighted by Gasteiger charge is -2.38. The summed E-state index contributed by atoms with van der Waals surface area (Å²) >= 11 is 0. The molecule has 3 amide bonds. The van der Waals surface area contributed by atoms with Gasteiger partial charge in [0.15, 0.2) is 0 Å². The van der Waals surface area contributed by atoms with Gasteiger partial charge in [0.25, 0.3) is 0 Å². The lowest BCUT2D eigenvalue weighted by atomic mass is 10.0. The fourth-order valence-corrected chi connectivity index (χ4v) is 4.20. The summed E-state index contributed by atoms with van der Waals surface area (Å²) in [5.41, 5.74) is 0.475. The van der Waals surface area contributed by atoms with Crippen molar-refractivity contribution in [2.75, 3.05) is 32.8 Å². The number of carbonyl (C=O) groups excluding carboxylic acids is 4. The third-order valence-corrected chi connectivity index (χ3v) is 6.06. The molecule has 0 aliphatic carbocycles. The second kappa shape index (κ2) is 14.2. The molecule has 1 aliphatic rings. The van der Waals surface area contributed by atoms with Crippen LogP contribution in [0.25, 0.3) is 0 Å². The van der Waals surface area contributed by atoms with E-state index in [0.717, 1.165) is 0 Å². The van der Waals surface area contributed by atoms with Crippen LogP contribution >= 0.6 is 0 Å². The highest BCUT2D eigenvalue weighted by molar-refractivity contribution is 6.35. The summed E-state index contributed by atoms with van der Waals surface area (Å²) in [6, 6.07) is 9.48. The molecule has 0 spiro atoms. The largest absolute Gasteiger partial charge is 0.494 e. The highest BCUT2D eigenvalue weighted by Crippen LogP contribution is 2.27. The molecule has 41 heavy (non-hydrogen) atoms. The zero-order valence-electron chi connectivity index (χ0n) is 23.8. The smallest absolute Gasteiger partial charge is 0.413 e. The number of amidine groups is 1. The fourth-order valence-electron chi connectivity index (χ4n) is 4.20. The Morgan fingerprint density at radius 3 is 2.46 bits per heavy atom. The maximum atomic E-state index is 13.0. The Balaban J connectivity index is 1.48. The zero-order valence-corrected chi connectivity index (χ0v) is 23.8. The van der Waals surface area contributed by atoms with Crippen molar-refractivity contribution in [2.45, 2.75) is 52.2 Å². The quantitative estimate of drug-likeness (QED) is 0.138. The summed E-state index contributed by atoms with van der Waals surface area (Å²) in [5.74, 6) is -1.29. The number of ether oxygens (including phenoxy) is 3. The molecule has 2 heterocycles. The predicted octanol–water partition coefficient (Wildman–Crippen LogP) is 3.07. The molecule has 1 atom stereocenters. The molecule has 1 saturated heterocycles. The van der Waals surface area contributed by atoms with Crippen LogP contribution in [0.2, 0.25) is 0 Å². The van der Waals surface area contributed by atoms with E-state index in [1.807, 2.05) is 0 Å². The Labute approximate surface area is 239 Å². The maximum Gasteiger partial charge on any atom is 0.413 e. The molecule has 1 aromatic carbocycles. The number of aromatic nitrogens is 1. The lowest BCUT2D eigenvalue weighted by molar-refractivity contribution is -0.159. The van der Waals surface area contributed by atoms with Gasteiger partial charge >= 0.3 is 23.9 Å². The van der Waals surface area contributed by atoms with E-state index in [9.17, 15) is 19.2 Å². The Morgan fingerprint density at radius 2 is 1.83 bits per heavy atom. The number of nitrogens with zero attached hydrogens (tertiary/aromatic N) is 3. The molecule has 0 saturated carbocycles. The molecule has 220 valence electrons. The highest BCUT2D eigenvalue weighted by atomic mass is 16.6. The Bertz CT molecular complexity index is 1230. The Morgan fingerprint density at radius 1 is 1.10 bits per heavy atom. The molecule has 3 rings (SSSR count). The van der Waals surface area contributed by atoms with Gasteiger partial charge in [0.2, 0.25) is 0 Å². The number of rotatable bonds is 11. The van der Waals surface area contributed by atoms with E-state index in [4.69, 9.17) is 19.6 Å². The standard InChI is InChI=1S/C29H37N5O7/c1-5-39-24(35)18-23(21-8-6-13-31-19-21)34-16-15-33(26(36)27(34)37)14-7-17-40-22-11-9-20(10-12-22)25(30)32-28(38)41-29(2,3)4/h6,8-13,19,23H,5,7,14-18H2,1-4H3,(H2,30,32,38). The molecule has 1 unspecified atom stereocenters. The number of carbonyl (C=O) groups is 4. The number of alkyl carbamates (subject to hydrolysis) is 1. The van der Waals surface area contributed by atoms with E-state index in [-0.39, 0.29) is 25.4 Å². The van der Waals surface area contributed by atoms with Crippen LogP contribution in [0.15, 0.2) is 48.8 Å². The van der Waals surface area contributed by atoms with Crippen LogP contribution in [0, 0.1) is 5.41 Å². The molecular weight excluding hydrogens is 530 g/mol. The number of piperazine rings is 1. The molecule has 2 aromatic rings. The molecule has 1 aromatic heterocycles. The average Bonchev–Trinajstić information content (AvgIpc) is 2.92. The van der Waals surface area contributed by atoms with Crippen LogP contribution in [0.3, 0.4) is 0 Å². The van der Waals surface area contributed by atoms with Crippen molar-refractivity contribution in [3.63, 3.8) is 0 Å². The summed E-state index contributed by atoms with van der Waals surface area (Å²) in [5, 5.41) is 10.4. The van der Waals surface area contributed by atoms with E-state index in [1.165, 1.54) is 9.80 Å². The van der Waals surface area contributed by atoms with Crippen LogP contribution in [-0.4, -0.2) is 82.9 Å². The second-order valence-electron chi connectivity index (χ2n) is 10.3. The minimum Gasteiger partial charge on any atom is -0.494 e. The molecule has 12 heteroatoms. The highest BCUT2D eigenvalue weighted by Gasteiger charge is 2.37. The van der Waals surface area contributed by atoms with Gasteiger partial charge in [0.05, 0.1) is 25.7 Å². The second-order valence-corrected chi connectivity index (χ2v) is 10.3. The van der Waals surface area contributed by atoms with Gasteiger partial charge < -0.3 is 24.0 Å². The van der Waals surface area contributed by atoms with E-state index < -0.39 is 35.5 Å². The van der Waals surface area contributed by atoms with Gasteiger partial charge in [-0.05, 0) is 70.0 Å². The molecule has 2 N–H and O–H groups in total. The van der Waals surface area contributed by atoms with Gasteiger partial charge in [-0.2, -0.15) is 0 Å². The first-order valence-electron chi connectivity index (χ1n) is 13.5. The monoisotopic (exact) mass is 567 g/mol. The van der Waals surface area contributed by atoms with Crippen molar-refractivity contribution in [3.8, 4) is 5.75 Å². The first-order valence-corrected chi connectivity index (χ1v) is 13.5. The van der Waals surface area contributed by atoms with Gasteiger partial charge in [-0.15, -0.1) is 0 Å². The van der Waals surface area contributed by atoms with Crippen molar-refractivity contribution in [1.82, 2.24) is 20.1 Å². The van der Waals surface area contributed by atoms with E-state index in [2.05, 4.69) is 10.3 Å². The molecule has 1 fully saturated rings. The van der Waals surface area contributed by atoms with E-state index >= 15 is 0 Å². The van der Waals surface area contributed by atoms with Crippen LogP contribution in [0.1, 0.15) is 57.7 Å². The van der Waals surface area contributed by atoms with Crippen molar-refractivity contribution >= 4 is 29.7 Å². The average molecular weight is 568 g/mol. The first kappa shape index (κ1) is 31.1. The Kier molecular flexibility index (Phi) is 10.8. The van der Waals surface area contributed by atoms with Gasteiger partial charge in [-0.25, -0.2) is 4.79 Å². The third-order valence-electron chi connectivity index (χ3n) is 6.06. The fraction of sp³-hybridized carbons (Fsp3) is 0.448. The third kappa shape index (κ3) is 9.30. The summed E-state index contributed by atoms with van der Waals surface area (Å²) < 4.78 is 16.0. The molecule has 0 bridgehead atoms. The van der Waals surface area contributed by atoms with Crippen molar-refractivity contribution < 1.29 is 33.4 Å². The summed E-state index contributed by atoms with van der Waals surface area (Å²) in [6.07, 6.45) is 2.90. The molecule has 12 nitrogen and oxygen atoms in total. The normalized spacial score (nSPS) is 14.3. The predicted molar refractivity (Wildman–Crippen MR) is 149 cm³/mol. The molecule has 0 radical (unpaired) electrons. The van der Waals surface area contributed by atoms with Gasteiger partial charge in [0, 0.05) is 37.6 Å². The van der Waals surface area contributed by atoms with E-state index in [1.54, 1.807) is 76.5 Å². The summed E-state index contributed by atoms with van der Waals surface area (Å²) in [7, 11) is 0. The van der Waals surface area contributed by atoms with Crippen LogP contribution in [0.4, 0.5) is 4.79 Å². The number of hydrogen-bond acceptors (Lipinski definition) is 9. The number of benzene rings is 1. The topological polar surface area (TPSA) is 151 Å². The number of amides is 3. The van der Waals surface area contributed by atoms with Gasteiger partial charge in [-0.3, -0.25) is 30.1 Å². The van der Waals surface area contributed by atoms with Gasteiger partial charge in [-0.1, -0.05) is 6.07 Å². The van der Waals surface area contributed by atoms with Crippen LogP contribution < -0.4 is 10.1 Å². The Hall–Kier alpha value is -4.48. The van der Waals surface area contributed by atoms with Crippen LogP contribution in [0.5, 0.6) is 5.75 Å². The lowest BCUT2D eigenvalue weighted by Crippen LogP contribution is -2.55. The minimum absolute atomic E-state index is 0.0677. The number of nitrogens with one attached hydrogen (secondary N) is 2. The van der Waals surface area contributed by atoms with Crippen molar-refractivity contribution in [2.24, 2.45) is 0 Å². The van der Waals surface area contributed by atoms with Crippen molar-refractivity contribution in [1.29, 1.82) is 5.41 Å². The zero-order chi connectivity index (χ0) is 30.0.